The van der Waals surface area contributed by atoms with Crippen LogP contribution in [0.15, 0.2) is 29.2 Å². The molecule has 2 rings (SSSR count). The molecule has 0 bridgehead atoms. The van der Waals surface area contributed by atoms with Gasteiger partial charge in [-0.2, -0.15) is 0 Å². The second-order valence-corrected chi connectivity index (χ2v) is 6.07. The fourth-order valence-corrected chi connectivity index (χ4v) is 3.26. The molecular formula is C11H14O3S. The summed E-state index contributed by atoms with van der Waals surface area (Å²) in [5, 5.41) is -0.361. The van der Waals surface area contributed by atoms with Crippen molar-refractivity contribution < 1.29 is 13.2 Å². The zero-order valence-corrected chi connectivity index (χ0v) is 9.46. The van der Waals surface area contributed by atoms with Crippen molar-refractivity contribution in [2.24, 2.45) is 0 Å². The Morgan fingerprint density at radius 3 is 2.47 bits per heavy atom. The molecule has 15 heavy (non-hydrogen) atoms. The second kappa shape index (κ2) is 3.94. The molecule has 1 aliphatic rings. The molecule has 0 amide bonds. The number of benzene rings is 1. The average Bonchev–Trinajstić information content (AvgIpc) is 2.71. The Kier molecular flexibility index (Phi) is 2.80. The largest absolute Gasteiger partial charge is 0.380 e. The molecule has 1 saturated heterocycles. The average molecular weight is 226 g/mol. The van der Waals surface area contributed by atoms with Crippen LogP contribution in [-0.4, -0.2) is 26.9 Å². The Morgan fingerprint density at radius 1 is 1.27 bits per heavy atom. The molecule has 3 nitrogen and oxygen atoms in total. The van der Waals surface area contributed by atoms with Crippen LogP contribution in [0.4, 0.5) is 0 Å². The SMILES string of the molecule is Cc1ccc(S(=O)(=O)[C@@H]2CCOC2)cc1. The molecule has 1 fully saturated rings. The van der Waals surface area contributed by atoms with Gasteiger partial charge in [-0.1, -0.05) is 17.7 Å². The van der Waals surface area contributed by atoms with Gasteiger partial charge in [0, 0.05) is 6.61 Å². The molecule has 0 N–H and O–H groups in total. The number of hydrogen-bond donors (Lipinski definition) is 0. The number of sulfone groups is 1. The summed E-state index contributed by atoms with van der Waals surface area (Å²) in [6, 6.07) is 6.98. The highest BCUT2D eigenvalue weighted by molar-refractivity contribution is 7.92. The number of hydrogen-bond acceptors (Lipinski definition) is 3. The van der Waals surface area contributed by atoms with Gasteiger partial charge in [0.2, 0.25) is 0 Å². The van der Waals surface area contributed by atoms with E-state index < -0.39 is 9.84 Å². The molecule has 1 atom stereocenters. The first-order chi connectivity index (χ1) is 7.10. The van der Waals surface area contributed by atoms with Gasteiger partial charge in [0.15, 0.2) is 9.84 Å². The molecule has 1 aliphatic heterocycles. The quantitative estimate of drug-likeness (QED) is 0.768. The van der Waals surface area contributed by atoms with E-state index >= 15 is 0 Å². The highest BCUT2D eigenvalue weighted by atomic mass is 32.2. The first-order valence-electron chi connectivity index (χ1n) is 4.99. The van der Waals surface area contributed by atoms with E-state index in [0.29, 0.717) is 24.5 Å². The highest BCUT2D eigenvalue weighted by Crippen LogP contribution is 2.22. The van der Waals surface area contributed by atoms with Crippen molar-refractivity contribution in [3.8, 4) is 0 Å². The van der Waals surface area contributed by atoms with E-state index in [-0.39, 0.29) is 5.25 Å². The van der Waals surface area contributed by atoms with E-state index in [1.165, 1.54) is 0 Å². The van der Waals surface area contributed by atoms with Crippen LogP contribution in [0.5, 0.6) is 0 Å². The number of aryl methyl sites for hydroxylation is 1. The normalized spacial score (nSPS) is 21.8. The van der Waals surface area contributed by atoms with Crippen LogP contribution in [0.2, 0.25) is 0 Å². The third-order valence-corrected chi connectivity index (χ3v) is 4.85. The lowest BCUT2D eigenvalue weighted by Crippen LogP contribution is -2.21. The third kappa shape index (κ3) is 2.06. The van der Waals surface area contributed by atoms with Crippen LogP contribution >= 0.6 is 0 Å². The zero-order valence-electron chi connectivity index (χ0n) is 8.64. The van der Waals surface area contributed by atoms with Crippen LogP contribution in [0.1, 0.15) is 12.0 Å². The maximum atomic E-state index is 12.1. The summed E-state index contributed by atoms with van der Waals surface area (Å²) >= 11 is 0. The standard InChI is InChI=1S/C11H14O3S/c1-9-2-4-10(5-3-9)15(12,13)11-6-7-14-8-11/h2-5,11H,6-8H2,1H3/t11-/m1/s1. The van der Waals surface area contributed by atoms with Crippen molar-refractivity contribution in [3.05, 3.63) is 29.8 Å². The highest BCUT2D eigenvalue weighted by Gasteiger charge is 2.30. The van der Waals surface area contributed by atoms with Gasteiger partial charge < -0.3 is 4.74 Å². The molecule has 82 valence electrons. The Morgan fingerprint density at radius 2 is 1.93 bits per heavy atom. The molecule has 0 aromatic heterocycles. The molecule has 0 aliphatic carbocycles. The Hall–Kier alpha value is -0.870. The van der Waals surface area contributed by atoms with Crippen molar-refractivity contribution in [1.82, 2.24) is 0 Å². The summed E-state index contributed by atoms with van der Waals surface area (Å²) in [7, 11) is -3.18. The lowest BCUT2D eigenvalue weighted by Gasteiger charge is -2.09. The van der Waals surface area contributed by atoms with Gasteiger partial charge in [0.1, 0.15) is 0 Å². The van der Waals surface area contributed by atoms with E-state index in [9.17, 15) is 8.42 Å². The molecule has 1 aromatic carbocycles. The van der Waals surface area contributed by atoms with Gasteiger partial charge in [-0.25, -0.2) is 8.42 Å². The summed E-state index contributed by atoms with van der Waals surface area (Å²) in [5.74, 6) is 0. The predicted molar refractivity (Wildman–Crippen MR) is 57.6 cm³/mol. The predicted octanol–water partition coefficient (Wildman–Crippen LogP) is 1.56. The van der Waals surface area contributed by atoms with Crippen LogP contribution in [0.25, 0.3) is 0 Å². The maximum absolute atomic E-state index is 12.1. The molecule has 0 saturated carbocycles. The van der Waals surface area contributed by atoms with E-state index in [1.54, 1.807) is 12.1 Å². The van der Waals surface area contributed by atoms with Gasteiger partial charge in [-0.15, -0.1) is 0 Å². The zero-order chi connectivity index (χ0) is 10.9. The van der Waals surface area contributed by atoms with Crippen molar-refractivity contribution in [1.29, 1.82) is 0 Å². The third-order valence-electron chi connectivity index (χ3n) is 2.68. The summed E-state index contributed by atoms with van der Waals surface area (Å²) in [6.07, 6.45) is 0.607. The van der Waals surface area contributed by atoms with Gasteiger partial charge in [0.05, 0.1) is 16.8 Å². The Bertz CT molecular complexity index is 427. The number of rotatable bonds is 2. The molecule has 1 heterocycles. The Balaban J connectivity index is 2.32. The van der Waals surface area contributed by atoms with Crippen molar-refractivity contribution >= 4 is 9.84 Å². The molecule has 4 heteroatoms. The Labute approximate surface area is 90.0 Å². The van der Waals surface area contributed by atoms with Crippen LogP contribution in [-0.2, 0) is 14.6 Å². The van der Waals surface area contributed by atoms with Crippen molar-refractivity contribution in [2.75, 3.05) is 13.2 Å². The first kappa shape index (κ1) is 10.6. The smallest absolute Gasteiger partial charge is 0.183 e. The van der Waals surface area contributed by atoms with Gasteiger partial charge in [-0.05, 0) is 25.5 Å². The topological polar surface area (TPSA) is 43.4 Å². The lowest BCUT2D eigenvalue weighted by atomic mass is 10.2. The summed E-state index contributed by atoms with van der Waals surface area (Å²) < 4.78 is 29.2. The van der Waals surface area contributed by atoms with Gasteiger partial charge in [0.25, 0.3) is 0 Å². The second-order valence-electron chi connectivity index (χ2n) is 3.84. The van der Waals surface area contributed by atoms with Crippen LogP contribution in [0, 0.1) is 6.92 Å². The van der Waals surface area contributed by atoms with Gasteiger partial charge in [-0.3, -0.25) is 0 Å². The van der Waals surface area contributed by atoms with Crippen LogP contribution in [0.3, 0.4) is 0 Å². The summed E-state index contributed by atoms with van der Waals surface area (Å²) in [5.41, 5.74) is 1.07. The minimum atomic E-state index is -3.18. The fraction of sp³-hybridized carbons (Fsp3) is 0.455. The van der Waals surface area contributed by atoms with E-state index in [2.05, 4.69) is 0 Å². The van der Waals surface area contributed by atoms with E-state index in [4.69, 9.17) is 4.74 Å². The molecule has 0 radical (unpaired) electrons. The molecule has 1 aromatic rings. The van der Waals surface area contributed by atoms with Crippen LogP contribution < -0.4 is 0 Å². The minimum absolute atomic E-state index is 0.330. The van der Waals surface area contributed by atoms with E-state index in [1.807, 2.05) is 19.1 Å². The van der Waals surface area contributed by atoms with Crippen molar-refractivity contribution in [3.63, 3.8) is 0 Å². The minimum Gasteiger partial charge on any atom is -0.380 e. The van der Waals surface area contributed by atoms with E-state index in [0.717, 1.165) is 5.56 Å². The summed E-state index contributed by atoms with van der Waals surface area (Å²) in [4.78, 5) is 0.406. The molecule has 0 unspecified atom stereocenters. The van der Waals surface area contributed by atoms with Gasteiger partial charge >= 0.3 is 0 Å². The molecular weight excluding hydrogens is 212 g/mol. The fourth-order valence-electron chi connectivity index (χ4n) is 1.68. The summed E-state index contributed by atoms with van der Waals surface area (Å²) in [6.45, 7) is 2.82. The molecule has 0 spiro atoms. The number of ether oxygens (including phenoxy) is 1. The lowest BCUT2D eigenvalue weighted by molar-refractivity contribution is 0.198. The maximum Gasteiger partial charge on any atom is 0.183 e. The van der Waals surface area contributed by atoms with Crippen molar-refractivity contribution in [2.45, 2.75) is 23.5 Å². The monoisotopic (exact) mass is 226 g/mol. The first-order valence-corrected chi connectivity index (χ1v) is 6.53.